The molecular formula is C15H15BrN2O2. The van der Waals surface area contributed by atoms with Crippen molar-refractivity contribution in [1.29, 1.82) is 0 Å². The second-order valence-corrected chi connectivity index (χ2v) is 4.86. The molecule has 0 fully saturated rings. The zero-order valence-corrected chi connectivity index (χ0v) is 12.5. The van der Waals surface area contributed by atoms with Crippen LogP contribution in [-0.4, -0.2) is 22.8 Å². The third-order valence-corrected chi connectivity index (χ3v) is 2.94. The van der Waals surface area contributed by atoms with Gasteiger partial charge in [0.25, 0.3) is 5.91 Å². The lowest BCUT2D eigenvalue weighted by Gasteiger charge is -2.07. The number of halogens is 1. The fourth-order valence-corrected chi connectivity index (χ4v) is 1.80. The number of ether oxygens (including phenoxy) is 1. The number of alkyl halides is 1. The van der Waals surface area contributed by atoms with Gasteiger partial charge < -0.3 is 10.1 Å². The first-order valence-corrected chi connectivity index (χ1v) is 7.38. The number of carbonyl (C=O) groups is 1. The van der Waals surface area contributed by atoms with E-state index < -0.39 is 0 Å². The van der Waals surface area contributed by atoms with Crippen LogP contribution in [0.3, 0.4) is 0 Å². The van der Waals surface area contributed by atoms with Gasteiger partial charge in [0.05, 0.1) is 18.8 Å². The zero-order chi connectivity index (χ0) is 14.2. The number of rotatable bonds is 6. The Labute approximate surface area is 126 Å². The molecule has 0 aliphatic carbocycles. The summed E-state index contributed by atoms with van der Waals surface area (Å²) in [7, 11) is 0. The van der Waals surface area contributed by atoms with Gasteiger partial charge in [-0.25, -0.2) is 0 Å². The van der Waals surface area contributed by atoms with E-state index in [2.05, 4.69) is 26.2 Å². The van der Waals surface area contributed by atoms with E-state index in [0.717, 1.165) is 16.8 Å². The van der Waals surface area contributed by atoms with Crippen LogP contribution in [0.5, 0.6) is 5.75 Å². The van der Waals surface area contributed by atoms with Crippen LogP contribution >= 0.6 is 15.9 Å². The largest absolute Gasteiger partial charge is 0.493 e. The minimum atomic E-state index is -0.123. The molecule has 2 aromatic rings. The molecule has 0 radical (unpaired) electrons. The molecule has 1 amide bonds. The van der Waals surface area contributed by atoms with Crippen molar-refractivity contribution in [1.82, 2.24) is 10.3 Å². The highest BCUT2D eigenvalue weighted by atomic mass is 79.9. The first kappa shape index (κ1) is 14.5. The van der Waals surface area contributed by atoms with Crippen molar-refractivity contribution < 1.29 is 9.53 Å². The summed E-state index contributed by atoms with van der Waals surface area (Å²) in [6.45, 7) is 1.02. The van der Waals surface area contributed by atoms with Gasteiger partial charge in [0.2, 0.25) is 0 Å². The van der Waals surface area contributed by atoms with Gasteiger partial charge >= 0.3 is 0 Å². The Morgan fingerprint density at radius 3 is 2.65 bits per heavy atom. The molecule has 4 nitrogen and oxygen atoms in total. The molecule has 1 aromatic carbocycles. The average Bonchev–Trinajstić information content (AvgIpc) is 2.52. The molecule has 104 valence electrons. The highest BCUT2D eigenvalue weighted by molar-refractivity contribution is 9.09. The van der Waals surface area contributed by atoms with Crippen LogP contribution in [0.1, 0.15) is 16.1 Å². The minimum Gasteiger partial charge on any atom is -0.493 e. The number of pyridine rings is 1. The Hall–Kier alpha value is -1.88. The number of benzene rings is 1. The molecule has 1 heterocycles. The maximum absolute atomic E-state index is 12.0. The first-order chi connectivity index (χ1) is 9.79. The van der Waals surface area contributed by atoms with Gasteiger partial charge in [-0.05, 0) is 36.4 Å². The second kappa shape index (κ2) is 7.65. The predicted molar refractivity (Wildman–Crippen MR) is 81.1 cm³/mol. The van der Waals surface area contributed by atoms with Crippen LogP contribution in [0, 0.1) is 0 Å². The van der Waals surface area contributed by atoms with Crippen molar-refractivity contribution >= 4 is 21.8 Å². The summed E-state index contributed by atoms with van der Waals surface area (Å²) in [6, 6.07) is 12.7. The molecule has 0 saturated carbocycles. The van der Waals surface area contributed by atoms with E-state index in [1.807, 2.05) is 18.2 Å². The Bertz CT molecular complexity index is 544. The summed E-state index contributed by atoms with van der Waals surface area (Å²) < 4.78 is 5.43. The number of carbonyl (C=O) groups excluding carboxylic acids is 1. The summed E-state index contributed by atoms with van der Waals surface area (Å²) in [4.78, 5) is 16.1. The molecule has 2 rings (SSSR count). The number of nitrogens with one attached hydrogen (secondary N) is 1. The van der Waals surface area contributed by atoms with E-state index >= 15 is 0 Å². The van der Waals surface area contributed by atoms with Crippen LogP contribution in [0.15, 0.2) is 48.7 Å². The molecule has 0 aliphatic heterocycles. The van der Waals surface area contributed by atoms with Crippen molar-refractivity contribution in [3.63, 3.8) is 0 Å². The van der Waals surface area contributed by atoms with Crippen molar-refractivity contribution in [2.75, 3.05) is 11.9 Å². The molecule has 0 unspecified atom stereocenters. The molecule has 0 spiro atoms. The quantitative estimate of drug-likeness (QED) is 0.826. The Morgan fingerprint density at radius 2 is 2.00 bits per heavy atom. The summed E-state index contributed by atoms with van der Waals surface area (Å²) in [5, 5.41) is 3.61. The minimum absolute atomic E-state index is 0.123. The third-order valence-electron chi connectivity index (χ3n) is 2.62. The van der Waals surface area contributed by atoms with E-state index in [0.29, 0.717) is 18.7 Å². The number of nitrogens with zero attached hydrogens (tertiary/aromatic N) is 1. The monoisotopic (exact) mass is 334 g/mol. The SMILES string of the molecule is O=C(NCc1ccccn1)c1ccc(OCCBr)cc1. The zero-order valence-electron chi connectivity index (χ0n) is 10.9. The van der Waals surface area contributed by atoms with Gasteiger partial charge in [0, 0.05) is 17.1 Å². The van der Waals surface area contributed by atoms with Crippen molar-refractivity contribution in [3.8, 4) is 5.75 Å². The number of amides is 1. The van der Waals surface area contributed by atoms with Gasteiger partial charge in [-0.1, -0.05) is 22.0 Å². The Morgan fingerprint density at radius 1 is 1.20 bits per heavy atom. The normalized spacial score (nSPS) is 10.1. The Balaban J connectivity index is 1.89. The van der Waals surface area contributed by atoms with Crippen molar-refractivity contribution in [2.45, 2.75) is 6.54 Å². The predicted octanol–water partition coefficient (Wildman–Crippen LogP) is 2.79. The van der Waals surface area contributed by atoms with Gasteiger partial charge in [-0.3, -0.25) is 9.78 Å². The van der Waals surface area contributed by atoms with Gasteiger partial charge in [-0.2, -0.15) is 0 Å². The molecule has 5 heteroatoms. The maximum atomic E-state index is 12.0. The molecule has 20 heavy (non-hydrogen) atoms. The molecule has 0 aliphatic rings. The number of aromatic nitrogens is 1. The molecular weight excluding hydrogens is 320 g/mol. The second-order valence-electron chi connectivity index (χ2n) is 4.07. The molecule has 0 bridgehead atoms. The average molecular weight is 335 g/mol. The van der Waals surface area contributed by atoms with Crippen LogP contribution in [0.2, 0.25) is 0 Å². The topological polar surface area (TPSA) is 51.2 Å². The number of hydrogen-bond donors (Lipinski definition) is 1. The highest BCUT2D eigenvalue weighted by Gasteiger charge is 2.05. The highest BCUT2D eigenvalue weighted by Crippen LogP contribution is 2.12. The van der Waals surface area contributed by atoms with Crippen LogP contribution in [0.25, 0.3) is 0 Å². The van der Waals surface area contributed by atoms with Crippen molar-refractivity contribution in [2.24, 2.45) is 0 Å². The lowest BCUT2D eigenvalue weighted by Crippen LogP contribution is -2.23. The number of hydrogen-bond acceptors (Lipinski definition) is 3. The van der Waals surface area contributed by atoms with E-state index in [9.17, 15) is 4.79 Å². The summed E-state index contributed by atoms with van der Waals surface area (Å²) in [5.41, 5.74) is 1.44. The third kappa shape index (κ3) is 4.35. The van der Waals surface area contributed by atoms with Gasteiger partial charge in [0.15, 0.2) is 0 Å². The van der Waals surface area contributed by atoms with Crippen LogP contribution in [0.4, 0.5) is 0 Å². The van der Waals surface area contributed by atoms with E-state index in [1.165, 1.54) is 0 Å². The molecule has 1 aromatic heterocycles. The summed E-state index contributed by atoms with van der Waals surface area (Å²) >= 11 is 3.29. The fourth-order valence-electron chi connectivity index (χ4n) is 1.63. The smallest absolute Gasteiger partial charge is 0.251 e. The van der Waals surface area contributed by atoms with Crippen LogP contribution in [-0.2, 0) is 6.54 Å². The van der Waals surface area contributed by atoms with E-state index in [4.69, 9.17) is 4.74 Å². The summed E-state index contributed by atoms with van der Waals surface area (Å²) in [6.07, 6.45) is 1.71. The summed E-state index contributed by atoms with van der Waals surface area (Å²) in [5.74, 6) is 0.633. The Kier molecular flexibility index (Phi) is 5.55. The molecule has 1 N–H and O–H groups in total. The lowest BCUT2D eigenvalue weighted by molar-refractivity contribution is 0.0950. The maximum Gasteiger partial charge on any atom is 0.251 e. The van der Waals surface area contributed by atoms with E-state index in [-0.39, 0.29) is 5.91 Å². The molecule has 0 saturated heterocycles. The fraction of sp³-hybridized carbons (Fsp3) is 0.200. The lowest BCUT2D eigenvalue weighted by atomic mass is 10.2. The first-order valence-electron chi connectivity index (χ1n) is 6.26. The van der Waals surface area contributed by atoms with E-state index in [1.54, 1.807) is 30.5 Å². The van der Waals surface area contributed by atoms with Crippen LogP contribution < -0.4 is 10.1 Å². The van der Waals surface area contributed by atoms with Crippen molar-refractivity contribution in [3.05, 3.63) is 59.9 Å². The van der Waals surface area contributed by atoms with Gasteiger partial charge in [0.1, 0.15) is 5.75 Å². The standard InChI is InChI=1S/C15H15BrN2O2/c16-8-10-20-14-6-4-12(5-7-14)15(19)18-11-13-3-1-2-9-17-13/h1-7,9H,8,10-11H2,(H,18,19). The molecule has 0 atom stereocenters. The van der Waals surface area contributed by atoms with Gasteiger partial charge in [-0.15, -0.1) is 0 Å².